The fraction of sp³-hybridized carbons (Fsp3) is 0.379. The smallest absolute Gasteiger partial charge is 0.323 e. The lowest BCUT2D eigenvalue weighted by molar-refractivity contribution is -0.154. The number of nitrogens with two attached hydrogens (primary N) is 1. The number of halogens is 1. The number of benzene rings is 2. The van der Waals surface area contributed by atoms with Crippen LogP contribution in [0.3, 0.4) is 0 Å². The maximum absolute atomic E-state index is 13.3. The number of amides is 1. The number of anilines is 1. The highest BCUT2D eigenvalue weighted by atomic mass is 35.5. The van der Waals surface area contributed by atoms with Gasteiger partial charge in [-0.25, -0.2) is 0 Å². The molecule has 1 fully saturated rings. The van der Waals surface area contributed by atoms with Crippen LogP contribution in [-0.4, -0.2) is 37.7 Å². The largest absolute Gasteiger partial charge is 0.493 e. The van der Waals surface area contributed by atoms with Crippen molar-refractivity contribution in [3.05, 3.63) is 64.0 Å². The number of esters is 1. The minimum absolute atomic E-state index is 0.00187. The summed E-state index contributed by atoms with van der Waals surface area (Å²) >= 11 is 7.50. The van der Waals surface area contributed by atoms with Crippen LogP contribution in [0.1, 0.15) is 41.9 Å². The molecule has 0 bridgehead atoms. The predicted molar refractivity (Wildman–Crippen MR) is 149 cm³/mol. The molecule has 1 aliphatic heterocycles. The Morgan fingerprint density at radius 3 is 2.50 bits per heavy atom. The normalized spacial score (nSPS) is 16.4. The molecule has 2 unspecified atom stereocenters. The van der Waals surface area contributed by atoms with E-state index < -0.39 is 12.0 Å². The zero-order valence-electron chi connectivity index (χ0n) is 21.6. The zero-order valence-corrected chi connectivity index (χ0v) is 23.2. The second-order valence-electron chi connectivity index (χ2n) is 10.1. The van der Waals surface area contributed by atoms with Crippen LogP contribution in [0.25, 0.3) is 10.4 Å². The molecule has 38 heavy (non-hydrogen) atoms. The fourth-order valence-electron chi connectivity index (χ4n) is 4.41. The van der Waals surface area contributed by atoms with Crippen molar-refractivity contribution in [1.29, 1.82) is 0 Å². The summed E-state index contributed by atoms with van der Waals surface area (Å²) in [4.78, 5) is 29.2. The molecule has 3 aromatic rings. The van der Waals surface area contributed by atoms with Crippen molar-refractivity contribution in [3.63, 3.8) is 0 Å². The number of carbonyl (C=O) groups is 2. The Morgan fingerprint density at radius 2 is 1.87 bits per heavy atom. The van der Waals surface area contributed by atoms with Gasteiger partial charge in [0.1, 0.15) is 18.8 Å². The summed E-state index contributed by atoms with van der Waals surface area (Å²) in [7, 11) is 1.56. The summed E-state index contributed by atoms with van der Waals surface area (Å²) in [6, 6.07) is 14.5. The molecule has 0 radical (unpaired) electrons. The first kappa shape index (κ1) is 26.5. The monoisotopic (exact) mass is 554 g/mol. The van der Waals surface area contributed by atoms with Gasteiger partial charge in [-0.05, 0) is 66.1 Å². The van der Waals surface area contributed by atoms with Crippen molar-refractivity contribution in [2.24, 2.45) is 17.6 Å². The van der Waals surface area contributed by atoms with E-state index in [2.05, 4.69) is 6.07 Å². The molecular weight excluding hydrogens is 524 g/mol. The molecule has 7 nitrogen and oxygen atoms in total. The van der Waals surface area contributed by atoms with Crippen molar-refractivity contribution in [1.82, 2.24) is 0 Å². The van der Waals surface area contributed by atoms with Gasteiger partial charge in [-0.3, -0.25) is 9.59 Å². The molecule has 2 N–H and O–H groups in total. The average Bonchev–Trinajstić information content (AvgIpc) is 3.60. The average molecular weight is 555 g/mol. The number of thiophene rings is 1. The molecule has 2 atom stereocenters. The van der Waals surface area contributed by atoms with Gasteiger partial charge in [-0.15, -0.1) is 11.3 Å². The first-order valence-corrected chi connectivity index (χ1v) is 13.9. The summed E-state index contributed by atoms with van der Waals surface area (Å²) in [6.45, 7) is 4.48. The lowest BCUT2D eigenvalue weighted by Crippen LogP contribution is -2.40. The van der Waals surface area contributed by atoms with Crippen LogP contribution in [0.15, 0.2) is 48.5 Å². The maximum atomic E-state index is 13.3. The van der Waals surface area contributed by atoms with Gasteiger partial charge in [0.2, 0.25) is 0 Å². The molecule has 1 aromatic heterocycles. The predicted octanol–water partition coefficient (Wildman–Crippen LogP) is 5.92. The molecular formula is C29H31ClN2O5S. The lowest BCUT2D eigenvalue weighted by Gasteiger charge is -2.23. The van der Waals surface area contributed by atoms with Gasteiger partial charge < -0.3 is 24.8 Å². The summed E-state index contributed by atoms with van der Waals surface area (Å²) in [5.41, 5.74) is 8.73. The van der Waals surface area contributed by atoms with Gasteiger partial charge in [0.25, 0.3) is 5.91 Å². The Kier molecular flexibility index (Phi) is 7.66. The molecule has 0 spiro atoms. The standard InChI is InChI=1S/C29H31ClN2O5S/c1-16(2)26(31)29(34)37-24(17-4-5-17)15-36-22-11-10-21(13-23(22)35-3)32-14-19-12-25(38-27(19)28(32)33)18-6-8-20(30)9-7-18/h6-13,16-17,24,26H,4-5,14-15,31H2,1-3H3. The van der Waals surface area contributed by atoms with E-state index in [1.54, 1.807) is 24.1 Å². The fourth-order valence-corrected chi connectivity index (χ4v) is 5.66. The Morgan fingerprint density at radius 1 is 1.13 bits per heavy atom. The maximum Gasteiger partial charge on any atom is 0.323 e. The van der Waals surface area contributed by atoms with Crippen LogP contribution in [0.4, 0.5) is 5.69 Å². The molecule has 200 valence electrons. The number of rotatable bonds is 10. The summed E-state index contributed by atoms with van der Waals surface area (Å²) in [6.07, 6.45) is 1.63. The molecule has 1 aliphatic carbocycles. The first-order valence-electron chi connectivity index (χ1n) is 12.7. The van der Waals surface area contributed by atoms with Crippen LogP contribution in [0, 0.1) is 11.8 Å². The second-order valence-corrected chi connectivity index (χ2v) is 11.6. The number of hydrogen-bond acceptors (Lipinski definition) is 7. The van der Waals surface area contributed by atoms with Gasteiger partial charge in [0, 0.05) is 21.7 Å². The number of methoxy groups -OCH3 is 1. The van der Waals surface area contributed by atoms with E-state index in [1.165, 1.54) is 11.3 Å². The van der Waals surface area contributed by atoms with Crippen molar-refractivity contribution in [2.45, 2.75) is 45.4 Å². The van der Waals surface area contributed by atoms with Gasteiger partial charge in [0.15, 0.2) is 11.5 Å². The van der Waals surface area contributed by atoms with E-state index in [9.17, 15) is 9.59 Å². The Hall–Kier alpha value is -3.07. The highest BCUT2D eigenvalue weighted by Crippen LogP contribution is 2.41. The molecule has 2 aliphatic rings. The van der Waals surface area contributed by atoms with Gasteiger partial charge in [0.05, 0.1) is 18.5 Å². The Balaban J connectivity index is 1.26. The van der Waals surface area contributed by atoms with Crippen LogP contribution in [0.5, 0.6) is 11.5 Å². The number of nitrogens with zero attached hydrogens (tertiary/aromatic N) is 1. The third-order valence-electron chi connectivity index (χ3n) is 6.97. The van der Waals surface area contributed by atoms with Crippen molar-refractivity contribution in [3.8, 4) is 21.9 Å². The van der Waals surface area contributed by atoms with Crippen LogP contribution >= 0.6 is 22.9 Å². The van der Waals surface area contributed by atoms with Crippen LogP contribution in [-0.2, 0) is 16.1 Å². The van der Waals surface area contributed by atoms with Crippen LogP contribution < -0.4 is 20.1 Å². The summed E-state index contributed by atoms with van der Waals surface area (Å²) < 4.78 is 17.3. The van der Waals surface area contributed by atoms with Gasteiger partial charge in [-0.1, -0.05) is 37.6 Å². The number of ether oxygens (including phenoxy) is 3. The first-order chi connectivity index (χ1) is 18.2. The molecule has 1 amide bonds. The SMILES string of the molecule is COc1cc(N2Cc3cc(-c4ccc(Cl)cc4)sc3C2=O)ccc1OCC(OC(=O)C(N)C(C)C)C1CC1. The summed E-state index contributed by atoms with van der Waals surface area (Å²) in [5.74, 6) is 0.871. The highest BCUT2D eigenvalue weighted by Gasteiger charge is 2.36. The van der Waals surface area contributed by atoms with Crippen molar-refractivity contribution < 1.29 is 23.8 Å². The lowest BCUT2D eigenvalue weighted by atomic mass is 10.1. The third-order valence-corrected chi connectivity index (χ3v) is 8.44. The van der Waals surface area contributed by atoms with E-state index >= 15 is 0 Å². The van der Waals surface area contributed by atoms with Gasteiger partial charge >= 0.3 is 5.97 Å². The second kappa shape index (κ2) is 11.0. The number of hydrogen-bond donors (Lipinski definition) is 1. The Labute approximate surface area is 231 Å². The number of carbonyl (C=O) groups excluding carboxylic acids is 2. The molecule has 2 aromatic carbocycles. The van der Waals surface area contributed by atoms with E-state index in [1.807, 2.05) is 44.2 Å². The molecule has 5 rings (SSSR count). The minimum Gasteiger partial charge on any atom is -0.493 e. The van der Waals surface area contributed by atoms with E-state index in [0.29, 0.717) is 23.1 Å². The van der Waals surface area contributed by atoms with Crippen molar-refractivity contribution >= 4 is 40.5 Å². The van der Waals surface area contributed by atoms with Crippen LogP contribution in [0.2, 0.25) is 5.02 Å². The van der Waals surface area contributed by atoms with E-state index in [-0.39, 0.29) is 30.5 Å². The quantitative estimate of drug-likeness (QED) is 0.313. The molecule has 2 heterocycles. The van der Waals surface area contributed by atoms with Gasteiger partial charge in [-0.2, -0.15) is 0 Å². The molecule has 1 saturated carbocycles. The van der Waals surface area contributed by atoms with Crippen molar-refractivity contribution in [2.75, 3.05) is 18.6 Å². The third kappa shape index (κ3) is 5.53. The topological polar surface area (TPSA) is 91.1 Å². The summed E-state index contributed by atoms with van der Waals surface area (Å²) in [5, 5.41) is 0.681. The minimum atomic E-state index is -0.659. The number of fused-ring (bicyclic) bond motifs is 1. The molecule has 0 saturated heterocycles. The zero-order chi connectivity index (χ0) is 27.0. The highest BCUT2D eigenvalue weighted by molar-refractivity contribution is 7.17. The Bertz CT molecular complexity index is 1340. The molecule has 9 heteroatoms. The van der Waals surface area contributed by atoms with E-state index in [4.69, 9.17) is 31.5 Å². The van der Waals surface area contributed by atoms with E-state index in [0.717, 1.165) is 39.4 Å².